The van der Waals surface area contributed by atoms with Crippen LogP contribution in [0.1, 0.15) is 15.9 Å². The molecule has 0 spiro atoms. The SMILES string of the molecule is O=C1/C(=N/Nc2ccc([N+](=O)[O-])cc2)c2cccc3cccc1c23. The number of nitrogens with zero attached hydrogens (tertiary/aromatic N) is 2. The topological polar surface area (TPSA) is 84.6 Å². The second-order valence-corrected chi connectivity index (χ2v) is 5.41. The lowest BCUT2D eigenvalue weighted by Crippen LogP contribution is -2.11. The predicted molar refractivity (Wildman–Crippen MR) is 91.5 cm³/mol. The maximum atomic E-state index is 12.6. The van der Waals surface area contributed by atoms with Gasteiger partial charge in [0.05, 0.1) is 10.6 Å². The van der Waals surface area contributed by atoms with Crippen LogP contribution >= 0.6 is 0 Å². The zero-order valence-electron chi connectivity index (χ0n) is 12.4. The minimum atomic E-state index is -0.465. The highest BCUT2D eigenvalue weighted by atomic mass is 16.6. The maximum absolute atomic E-state index is 12.6. The van der Waals surface area contributed by atoms with Crippen molar-refractivity contribution in [1.82, 2.24) is 0 Å². The summed E-state index contributed by atoms with van der Waals surface area (Å²) in [7, 11) is 0. The Balaban J connectivity index is 1.70. The van der Waals surface area contributed by atoms with Crippen molar-refractivity contribution >= 4 is 33.6 Å². The quantitative estimate of drug-likeness (QED) is 0.589. The summed E-state index contributed by atoms with van der Waals surface area (Å²) in [5.41, 5.74) is 5.17. The fraction of sp³-hybridized carbons (Fsp3) is 0. The molecule has 0 fully saturated rings. The van der Waals surface area contributed by atoms with Crippen LogP contribution < -0.4 is 5.43 Å². The van der Waals surface area contributed by atoms with E-state index in [1.807, 2.05) is 30.3 Å². The van der Waals surface area contributed by atoms with Crippen molar-refractivity contribution in [2.75, 3.05) is 5.43 Å². The molecule has 1 N–H and O–H groups in total. The smallest absolute Gasteiger partial charge is 0.269 e. The average Bonchev–Trinajstić information content (AvgIpc) is 2.88. The Morgan fingerprint density at radius 1 is 0.917 bits per heavy atom. The van der Waals surface area contributed by atoms with Crippen molar-refractivity contribution in [2.24, 2.45) is 5.10 Å². The number of hydrogen-bond donors (Lipinski definition) is 1. The third-order valence-electron chi connectivity index (χ3n) is 3.99. The largest absolute Gasteiger partial charge is 0.287 e. The highest BCUT2D eigenvalue weighted by Crippen LogP contribution is 2.31. The molecule has 0 bridgehead atoms. The number of carbonyl (C=O) groups excluding carboxylic acids is 1. The fourth-order valence-electron chi connectivity index (χ4n) is 2.87. The molecule has 4 rings (SSSR count). The second-order valence-electron chi connectivity index (χ2n) is 5.41. The number of nitro groups is 1. The van der Waals surface area contributed by atoms with E-state index in [4.69, 9.17) is 0 Å². The summed E-state index contributed by atoms with van der Waals surface area (Å²) < 4.78 is 0. The van der Waals surface area contributed by atoms with Crippen molar-refractivity contribution in [3.63, 3.8) is 0 Å². The standard InChI is InChI=1S/C18H11N3O3/c22-18-15-6-2-4-11-3-1-5-14(16(11)15)17(18)20-19-12-7-9-13(10-8-12)21(23)24/h1-10,19H/b20-17+. The van der Waals surface area contributed by atoms with Crippen LogP contribution in [0, 0.1) is 10.1 Å². The lowest BCUT2D eigenvalue weighted by molar-refractivity contribution is -0.384. The van der Waals surface area contributed by atoms with Crippen LogP contribution in [0.15, 0.2) is 65.8 Å². The number of hydrogen-bond acceptors (Lipinski definition) is 5. The zero-order chi connectivity index (χ0) is 16.7. The first-order valence-corrected chi connectivity index (χ1v) is 7.30. The summed E-state index contributed by atoms with van der Waals surface area (Å²) in [6.45, 7) is 0. The summed E-state index contributed by atoms with van der Waals surface area (Å²) in [4.78, 5) is 22.8. The molecule has 0 aliphatic heterocycles. The number of Topliss-reactive ketones (excluding diaryl/α,β-unsaturated/α-hetero) is 1. The number of benzene rings is 3. The summed E-state index contributed by atoms with van der Waals surface area (Å²) in [5, 5.41) is 16.8. The second kappa shape index (κ2) is 5.27. The van der Waals surface area contributed by atoms with Gasteiger partial charge in [-0.3, -0.25) is 20.3 Å². The van der Waals surface area contributed by atoms with Crippen molar-refractivity contribution in [1.29, 1.82) is 0 Å². The Kier molecular flexibility index (Phi) is 3.09. The summed E-state index contributed by atoms with van der Waals surface area (Å²) in [5.74, 6) is -0.129. The van der Waals surface area contributed by atoms with E-state index in [1.54, 1.807) is 18.2 Å². The molecular weight excluding hydrogens is 306 g/mol. The minimum Gasteiger partial charge on any atom is -0.287 e. The third kappa shape index (κ3) is 2.13. The van der Waals surface area contributed by atoms with E-state index < -0.39 is 4.92 Å². The van der Waals surface area contributed by atoms with Gasteiger partial charge in [0.2, 0.25) is 5.78 Å². The first kappa shape index (κ1) is 14.1. The van der Waals surface area contributed by atoms with Gasteiger partial charge in [0, 0.05) is 28.6 Å². The van der Waals surface area contributed by atoms with Crippen LogP contribution in [-0.2, 0) is 0 Å². The molecule has 116 valence electrons. The van der Waals surface area contributed by atoms with Crippen molar-refractivity contribution in [2.45, 2.75) is 0 Å². The minimum absolute atomic E-state index is 0.00215. The molecule has 1 aliphatic rings. The van der Waals surface area contributed by atoms with E-state index in [2.05, 4.69) is 10.5 Å². The molecule has 6 nitrogen and oxygen atoms in total. The molecule has 6 heteroatoms. The first-order chi connectivity index (χ1) is 11.6. The Bertz CT molecular complexity index is 1020. The van der Waals surface area contributed by atoms with Gasteiger partial charge in [0.1, 0.15) is 5.71 Å². The lowest BCUT2D eigenvalue weighted by Gasteiger charge is -2.02. The summed E-state index contributed by atoms with van der Waals surface area (Å²) >= 11 is 0. The van der Waals surface area contributed by atoms with Crippen molar-refractivity contribution in [3.05, 3.63) is 81.9 Å². The van der Waals surface area contributed by atoms with Gasteiger partial charge in [-0.2, -0.15) is 5.10 Å². The maximum Gasteiger partial charge on any atom is 0.269 e. The predicted octanol–water partition coefficient (Wildman–Crippen LogP) is 3.76. The molecule has 0 saturated heterocycles. The third-order valence-corrected chi connectivity index (χ3v) is 3.99. The number of non-ortho nitro benzene ring substituents is 1. The highest BCUT2D eigenvalue weighted by molar-refractivity contribution is 6.59. The average molecular weight is 317 g/mol. The first-order valence-electron chi connectivity index (χ1n) is 7.30. The fourth-order valence-corrected chi connectivity index (χ4v) is 2.87. The number of nitrogens with one attached hydrogen (secondary N) is 1. The van der Waals surface area contributed by atoms with E-state index in [9.17, 15) is 14.9 Å². The number of ketones is 1. The Morgan fingerprint density at radius 3 is 2.25 bits per heavy atom. The Labute approximate surface area is 136 Å². The monoisotopic (exact) mass is 317 g/mol. The molecular formula is C18H11N3O3. The van der Waals surface area contributed by atoms with Crippen LogP contribution in [0.2, 0.25) is 0 Å². The molecule has 3 aromatic carbocycles. The van der Waals surface area contributed by atoms with E-state index in [0.29, 0.717) is 17.0 Å². The van der Waals surface area contributed by atoms with Gasteiger partial charge in [0.25, 0.3) is 5.69 Å². The van der Waals surface area contributed by atoms with Crippen molar-refractivity contribution in [3.8, 4) is 0 Å². The molecule has 0 atom stereocenters. The van der Waals surface area contributed by atoms with Gasteiger partial charge < -0.3 is 0 Å². The van der Waals surface area contributed by atoms with Gasteiger partial charge in [-0.1, -0.05) is 36.4 Å². The van der Waals surface area contributed by atoms with Gasteiger partial charge in [-0.15, -0.1) is 0 Å². The number of carbonyl (C=O) groups is 1. The molecule has 0 unspecified atom stereocenters. The van der Waals surface area contributed by atoms with Gasteiger partial charge in [0.15, 0.2) is 0 Å². The molecule has 0 saturated carbocycles. The highest BCUT2D eigenvalue weighted by Gasteiger charge is 2.28. The normalized spacial score (nSPS) is 14.3. The van der Waals surface area contributed by atoms with Gasteiger partial charge >= 0.3 is 0 Å². The van der Waals surface area contributed by atoms with Crippen molar-refractivity contribution < 1.29 is 9.72 Å². The van der Waals surface area contributed by atoms with Crippen LogP contribution in [0.4, 0.5) is 11.4 Å². The molecule has 1 aliphatic carbocycles. The Morgan fingerprint density at radius 2 is 1.58 bits per heavy atom. The zero-order valence-corrected chi connectivity index (χ0v) is 12.4. The van der Waals surface area contributed by atoms with Crippen LogP contribution in [0.3, 0.4) is 0 Å². The van der Waals surface area contributed by atoms with E-state index >= 15 is 0 Å². The van der Waals surface area contributed by atoms with Crippen LogP contribution in [0.25, 0.3) is 10.8 Å². The van der Waals surface area contributed by atoms with Crippen LogP contribution in [0.5, 0.6) is 0 Å². The summed E-state index contributed by atoms with van der Waals surface area (Å²) in [6, 6.07) is 17.2. The van der Waals surface area contributed by atoms with E-state index in [-0.39, 0.29) is 11.5 Å². The number of anilines is 1. The van der Waals surface area contributed by atoms with Gasteiger partial charge in [-0.25, -0.2) is 0 Å². The Hall–Kier alpha value is -3.54. The number of rotatable bonds is 3. The molecule has 0 radical (unpaired) electrons. The van der Waals surface area contributed by atoms with Crippen LogP contribution in [-0.4, -0.2) is 16.4 Å². The van der Waals surface area contributed by atoms with Gasteiger partial charge in [-0.05, 0) is 17.5 Å². The lowest BCUT2D eigenvalue weighted by atomic mass is 10.1. The molecule has 3 aromatic rings. The van der Waals surface area contributed by atoms with E-state index in [0.717, 1.165) is 16.3 Å². The summed E-state index contributed by atoms with van der Waals surface area (Å²) in [6.07, 6.45) is 0. The molecule has 0 aromatic heterocycles. The van der Waals surface area contributed by atoms with E-state index in [1.165, 1.54) is 12.1 Å². The molecule has 0 amide bonds. The molecule has 24 heavy (non-hydrogen) atoms. The molecule has 0 heterocycles. The number of hydrazone groups is 1. The number of nitro benzene ring substituents is 1.